The molecule has 0 spiro atoms. The van der Waals surface area contributed by atoms with Crippen LogP contribution < -0.4 is 0 Å². The highest BCUT2D eigenvalue weighted by Crippen LogP contribution is 2.13. The lowest BCUT2D eigenvalue weighted by Crippen LogP contribution is -2.34. The monoisotopic (exact) mass is 522 g/mol. The number of para-hydroxylation sites is 4. The highest BCUT2D eigenvalue weighted by atomic mass is 16.5. The molecular weight excluding hydrogens is 484 g/mol. The molecule has 0 unspecified atom stereocenters. The van der Waals surface area contributed by atoms with Gasteiger partial charge in [0, 0.05) is 26.2 Å². The van der Waals surface area contributed by atoms with Crippen molar-refractivity contribution in [3.63, 3.8) is 0 Å². The van der Waals surface area contributed by atoms with E-state index in [0.29, 0.717) is 52.9 Å². The molecule has 0 bridgehead atoms. The minimum Gasteiger partial charge on any atom is -0.378 e. The third-order valence-corrected chi connectivity index (χ3v) is 6.71. The van der Waals surface area contributed by atoms with Crippen molar-refractivity contribution in [1.29, 1.82) is 0 Å². The predicted molar refractivity (Wildman–Crippen MR) is 146 cm³/mol. The van der Waals surface area contributed by atoms with Crippen molar-refractivity contribution < 1.29 is 18.9 Å². The fourth-order valence-electron chi connectivity index (χ4n) is 4.60. The van der Waals surface area contributed by atoms with E-state index in [2.05, 4.69) is 41.0 Å². The van der Waals surface area contributed by atoms with Gasteiger partial charge in [-0.25, -0.2) is 9.97 Å². The Labute approximate surface area is 223 Å². The van der Waals surface area contributed by atoms with Crippen LogP contribution in [-0.4, -0.2) is 108 Å². The van der Waals surface area contributed by atoms with Crippen LogP contribution in [0.1, 0.15) is 0 Å². The van der Waals surface area contributed by atoms with Gasteiger partial charge in [0.05, 0.1) is 101 Å². The molecule has 1 aliphatic rings. The molecule has 0 aliphatic carbocycles. The van der Waals surface area contributed by atoms with Crippen molar-refractivity contribution >= 4 is 22.1 Å². The standard InChI is InChI=1S/C28H38N6O4/c1-3-7-27-25(5-1)29-21-33(27)23-31-9-13-35-17-19-37-15-11-32(12-16-38-20-18-36-14-10-31)24-34-22-30-26-6-2-4-8-28(26)34/h1-8,21-22H,9-20,23-24H2. The molecule has 38 heavy (non-hydrogen) atoms. The van der Waals surface area contributed by atoms with E-state index in [-0.39, 0.29) is 0 Å². The first-order valence-corrected chi connectivity index (χ1v) is 13.4. The second-order valence-electron chi connectivity index (χ2n) is 9.37. The van der Waals surface area contributed by atoms with E-state index in [0.717, 1.165) is 61.6 Å². The van der Waals surface area contributed by atoms with Gasteiger partial charge in [-0.1, -0.05) is 24.3 Å². The molecule has 1 saturated heterocycles. The molecule has 0 radical (unpaired) electrons. The van der Waals surface area contributed by atoms with Gasteiger partial charge in [0.2, 0.25) is 0 Å². The summed E-state index contributed by atoms with van der Waals surface area (Å²) in [4.78, 5) is 13.7. The first-order chi connectivity index (χ1) is 18.9. The Morgan fingerprint density at radius 3 is 1.26 bits per heavy atom. The maximum atomic E-state index is 5.90. The van der Waals surface area contributed by atoms with Gasteiger partial charge in [-0.3, -0.25) is 9.80 Å². The van der Waals surface area contributed by atoms with Gasteiger partial charge in [0.15, 0.2) is 0 Å². The van der Waals surface area contributed by atoms with Crippen molar-refractivity contribution in [2.75, 3.05) is 79.0 Å². The Hall–Kier alpha value is -2.86. The number of aromatic nitrogens is 4. The molecule has 0 saturated carbocycles. The highest BCUT2D eigenvalue weighted by Gasteiger charge is 2.11. The zero-order valence-corrected chi connectivity index (χ0v) is 22.0. The van der Waals surface area contributed by atoms with Crippen molar-refractivity contribution in [3.05, 3.63) is 61.2 Å². The molecule has 3 heterocycles. The number of hydrogen-bond acceptors (Lipinski definition) is 8. The Morgan fingerprint density at radius 1 is 0.500 bits per heavy atom. The number of nitrogens with zero attached hydrogens (tertiary/aromatic N) is 6. The van der Waals surface area contributed by atoms with Crippen LogP contribution >= 0.6 is 0 Å². The third kappa shape index (κ3) is 7.59. The predicted octanol–water partition coefficient (Wildman–Crippen LogP) is 2.69. The summed E-state index contributed by atoms with van der Waals surface area (Å²) in [7, 11) is 0. The Morgan fingerprint density at radius 2 is 0.868 bits per heavy atom. The first kappa shape index (κ1) is 26.7. The average molecular weight is 523 g/mol. The summed E-state index contributed by atoms with van der Waals surface area (Å²) in [5.74, 6) is 0. The lowest BCUT2D eigenvalue weighted by Gasteiger charge is -2.24. The largest absolute Gasteiger partial charge is 0.378 e. The fourth-order valence-corrected chi connectivity index (χ4v) is 4.60. The van der Waals surface area contributed by atoms with Crippen LogP contribution in [0.2, 0.25) is 0 Å². The zero-order chi connectivity index (χ0) is 25.8. The quantitative estimate of drug-likeness (QED) is 0.405. The Balaban J connectivity index is 1.11. The molecule has 0 N–H and O–H groups in total. The molecule has 5 rings (SSSR count). The Kier molecular flexibility index (Phi) is 10.1. The fraction of sp³-hybridized carbons (Fsp3) is 0.500. The van der Waals surface area contributed by atoms with Crippen molar-refractivity contribution in [2.45, 2.75) is 13.3 Å². The number of imidazole rings is 2. The van der Waals surface area contributed by atoms with Crippen LogP contribution in [0.15, 0.2) is 61.2 Å². The van der Waals surface area contributed by atoms with E-state index in [9.17, 15) is 0 Å². The van der Waals surface area contributed by atoms with E-state index in [1.807, 2.05) is 49.1 Å². The van der Waals surface area contributed by atoms with E-state index in [1.54, 1.807) is 0 Å². The zero-order valence-electron chi connectivity index (χ0n) is 22.0. The third-order valence-electron chi connectivity index (χ3n) is 6.71. The maximum Gasteiger partial charge on any atom is 0.0969 e. The lowest BCUT2D eigenvalue weighted by molar-refractivity contribution is 0.00136. The molecule has 0 amide bonds. The van der Waals surface area contributed by atoms with E-state index in [4.69, 9.17) is 18.9 Å². The van der Waals surface area contributed by atoms with Crippen LogP contribution in [0.4, 0.5) is 0 Å². The first-order valence-electron chi connectivity index (χ1n) is 13.4. The lowest BCUT2D eigenvalue weighted by atomic mass is 10.3. The van der Waals surface area contributed by atoms with Gasteiger partial charge in [0.25, 0.3) is 0 Å². The molecule has 2 aromatic heterocycles. The van der Waals surface area contributed by atoms with Gasteiger partial charge < -0.3 is 28.1 Å². The molecule has 0 atom stereocenters. The number of fused-ring (bicyclic) bond motifs is 2. The number of rotatable bonds is 4. The molecule has 1 fully saturated rings. The molecule has 204 valence electrons. The highest BCUT2D eigenvalue weighted by molar-refractivity contribution is 5.75. The number of benzene rings is 2. The van der Waals surface area contributed by atoms with Crippen molar-refractivity contribution in [2.24, 2.45) is 0 Å². The SMILES string of the molecule is c1ccc2c(c1)ncn2CN1CCOCCOCCN(Cn2cnc3ccccc32)CCOCCOCC1. The molecule has 2 aromatic carbocycles. The van der Waals surface area contributed by atoms with Gasteiger partial charge >= 0.3 is 0 Å². The normalized spacial score (nSPS) is 18.9. The van der Waals surface area contributed by atoms with E-state index in [1.165, 1.54) is 0 Å². The number of hydrogen-bond donors (Lipinski definition) is 0. The minimum absolute atomic E-state index is 0.577. The molecule has 10 nitrogen and oxygen atoms in total. The summed E-state index contributed by atoms with van der Waals surface area (Å²) in [6.45, 7) is 9.55. The minimum atomic E-state index is 0.577. The second kappa shape index (κ2) is 14.3. The van der Waals surface area contributed by atoms with Crippen molar-refractivity contribution in [1.82, 2.24) is 28.9 Å². The average Bonchev–Trinajstić information content (AvgIpc) is 3.55. The van der Waals surface area contributed by atoms with Crippen LogP contribution in [0.5, 0.6) is 0 Å². The van der Waals surface area contributed by atoms with Crippen LogP contribution in [0, 0.1) is 0 Å². The summed E-state index contributed by atoms with van der Waals surface area (Å²) >= 11 is 0. The smallest absolute Gasteiger partial charge is 0.0969 e. The van der Waals surface area contributed by atoms with Crippen LogP contribution in [0.3, 0.4) is 0 Å². The van der Waals surface area contributed by atoms with E-state index < -0.39 is 0 Å². The van der Waals surface area contributed by atoms with Gasteiger partial charge in [-0.2, -0.15) is 0 Å². The Bertz CT molecular complexity index is 1130. The molecule has 4 aromatic rings. The van der Waals surface area contributed by atoms with Crippen LogP contribution in [0.25, 0.3) is 22.1 Å². The van der Waals surface area contributed by atoms with Gasteiger partial charge in [-0.15, -0.1) is 0 Å². The number of ether oxygens (including phenoxy) is 4. The van der Waals surface area contributed by atoms with Crippen molar-refractivity contribution in [3.8, 4) is 0 Å². The van der Waals surface area contributed by atoms with Crippen LogP contribution in [-0.2, 0) is 32.3 Å². The van der Waals surface area contributed by atoms with Gasteiger partial charge in [-0.05, 0) is 24.3 Å². The topological polar surface area (TPSA) is 79.0 Å². The summed E-state index contributed by atoms with van der Waals surface area (Å²) in [5, 5.41) is 0. The summed E-state index contributed by atoms with van der Waals surface area (Å²) < 4.78 is 27.9. The summed E-state index contributed by atoms with van der Waals surface area (Å²) in [6, 6.07) is 16.4. The van der Waals surface area contributed by atoms with E-state index >= 15 is 0 Å². The molecule has 10 heteroatoms. The summed E-state index contributed by atoms with van der Waals surface area (Å²) in [5.41, 5.74) is 4.27. The molecule has 1 aliphatic heterocycles. The second-order valence-corrected chi connectivity index (χ2v) is 9.37. The molecular formula is C28H38N6O4. The van der Waals surface area contributed by atoms with Gasteiger partial charge in [0.1, 0.15) is 0 Å². The maximum absolute atomic E-state index is 5.90. The summed E-state index contributed by atoms with van der Waals surface area (Å²) in [6.07, 6.45) is 3.80.